The minimum absolute atomic E-state index is 0.149. The number of rotatable bonds is 5. The molecule has 0 radical (unpaired) electrons. The maximum Gasteiger partial charge on any atom is 0.242 e. The van der Waals surface area contributed by atoms with E-state index in [1.54, 1.807) is 12.1 Å². The van der Waals surface area contributed by atoms with Gasteiger partial charge in [0, 0.05) is 10.0 Å². The highest BCUT2D eigenvalue weighted by Crippen LogP contribution is 2.25. The Morgan fingerprint density at radius 2 is 2.00 bits per heavy atom. The standard InChI is InChI=1S/C12H18BrNO3S/c1-4-12(2,3)14-18(16,17)11-7-9(8-15)5-6-10(11)13/h5-7,14-15H,4,8H2,1-3H3. The fourth-order valence-electron chi connectivity index (χ4n) is 1.34. The SMILES string of the molecule is CCC(C)(C)NS(=O)(=O)c1cc(CO)ccc1Br. The molecule has 0 spiro atoms. The Labute approximate surface area is 117 Å². The van der Waals surface area contributed by atoms with Crippen LogP contribution in [0.5, 0.6) is 0 Å². The van der Waals surface area contributed by atoms with Crippen molar-refractivity contribution >= 4 is 26.0 Å². The Balaban J connectivity index is 3.20. The fourth-order valence-corrected chi connectivity index (χ4v) is 3.84. The van der Waals surface area contributed by atoms with E-state index >= 15 is 0 Å². The third-order valence-electron chi connectivity index (χ3n) is 2.76. The molecule has 0 saturated heterocycles. The molecule has 0 aromatic heterocycles. The maximum atomic E-state index is 12.3. The summed E-state index contributed by atoms with van der Waals surface area (Å²) in [5.41, 5.74) is 0.0564. The van der Waals surface area contributed by atoms with Crippen LogP contribution in [0.4, 0.5) is 0 Å². The van der Waals surface area contributed by atoms with Crippen molar-refractivity contribution in [3.05, 3.63) is 28.2 Å². The van der Waals surface area contributed by atoms with Crippen molar-refractivity contribution in [2.24, 2.45) is 0 Å². The number of hydrogen-bond donors (Lipinski definition) is 2. The number of sulfonamides is 1. The van der Waals surface area contributed by atoms with E-state index < -0.39 is 15.6 Å². The first-order valence-corrected chi connectivity index (χ1v) is 7.93. The second-order valence-electron chi connectivity index (χ2n) is 4.77. The van der Waals surface area contributed by atoms with E-state index in [-0.39, 0.29) is 11.5 Å². The van der Waals surface area contributed by atoms with Gasteiger partial charge in [0.2, 0.25) is 10.0 Å². The molecule has 0 amide bonds. The zero-order chi connectivity index (χ0) is 14.0. The zero-order valence-corrected chi connectivity index (χ0v) is 13.1. The quantitative estimate of drug-likeness (QED) is 0.868. The van der Waals surface area contributed by atoms with Crippen LogP contribution in [0.1, 0.15) is 32.8 Å². The normalized spacial score (nSPS) is 12.7. The molecule has 2 N–H and O–H groups in total. The van der Waals surface area contributed by atoms with Gasteiger partial charge in [-0.25, -0.2) is 13.1 Å². The lowest BCUT2D eigenvalue weighted by molar-refractivity contribution is 0.281. The molecule has 0 heterocycles. The Morgan fingerprint density at radius 1 is 1.39 bits per heavy atom. The van der Waals surface area contributed by atoms with Gasteiger partial charge in [0.15, 0.2) is 0 Å². The average molecular weight is 336 g/mol. The van der Waals surface area contributed by atoms with E-state index in [0.717, 1.165) is 0 Å². The summed E-state index contributed by atoms with van der Waals surface area (Å²) in [6.07, 6.45) is 0.684. The van der Waals surface area contributed by atoms with Gasteiger partial charge in [0.1, 0.15) is 0 Å². The highest BCUT2D eigenvalue weighted by Gasteiger charge is 2.26. The van der Waals surface area contributed by atoms with Crippen LogP contribution in [-0.2, 0) is 16.6 Å². The molecule has 1 rings (SSSR count). The predicted octanol–water partition coefficient (Wildman–Crippen LogP) is 2.41. The minimum atomic E-state index is -3.60. The van der Waals surface area contributed by atoms with Gasteiger partial charge < -0.3 is 5.11 Å². The Kier molecular flexibility index (Phi) is 4.94. The lowest BCUT2D eigenvalue weighted by Gasteiger charge is -2.24. The van der Waals surface area contributed by atoms with Gasteiger partial charge in [0.05, 0.1) is 11.5 Å². The van der Waals surface area contributed by atoms with Crippen molar-refractivity contribution in [3.63, 3.8) is 0 Å². The molecule has 0 unspecified atom stereocenters. The van der Waals surface area contributed by atoms with Crippen LogP contribution in [0, 0.1) is 0 Å². The molecule has 1 aromatic carbocycles. The summed E-state index contributed by atoms with van der Waals surface area (Å²) < 4.78 is 27.7. The van der Waals surface area contributed by atoms with Gasteiger partial charge >= 0.3 is 0 Å². The van der Waals surface area contributed by atoms with Crippen molar-refractivity contribution in [3.8, 4) is 0 Å². The summed E-state index contributed by atoms with van der Waals surface area (Å²) in [6, 6.07) is 4.77. The highest BCUT2D eigenvalue weighted by atomic mass is 79.9. The summed E-state index contributed by atoms with van der Waals surface area (Å²) in [6.45, 7) is 5.39. The molecule has 0 aliphatic carbocycles. The maximum absolute atomic E-state index is 12.3. The number of benzene rings is 1. The van der Waals surface area contributed by atoms with Crippen molar-refractivity contribution < 1.29 is 13.5 Å². The minimum Gasteiger partial charge on any atom is -0.392 e. The summed E-state index contributed by atoms with van der Waals surface area (Å²) in [5, 5.41) is 9.07. The number of nitrogens with one attached hydrogen (secondary N) is 1. The van der Waals surface area contributed by atoms with Crippen LogP contribution in [0.2, 0.25) is 0 Å². The van der Waals surface area contributed by atoms with Crippen molar-refractivity contribution in [1.29, 1.82) is 0 Å². The molecule has 18 heavy (non-hydrogen) atoms. The Morgan fingerprint density at radius 3 is 2.50 bits per heavy atom. The van der Waals surface area contributed by atoms with E-state index in [0.29, 0.717) is 16.5 Å². The molecule has 4 nitrogen and oxygen atoms in total. The van der Waals surface area contributed by atoms with E-state index in [9.17, 15) is 8.42 Å². The smallest absolute Gasteiger partial charge is 0.242 e. The highest BCUT2D eigenvalue weighted by molar-refractivity contribution is 9.10. The Bertz CT molecular complexity index is 526. The van der Waals surface area contributed by atoms with Gasteiger partial charge in [-0.05, 0) is 53.9 Å². The Hall–Kier alpha value is -0.430. The lowest BCUT2D eigenvalue weighted by Crippen LogP contribution is -2.42. The third-order valence-corrected chi connectivity index (χ3v) is 5.45. The predicted molar refractivity (Wildman–Crippen MR) is 74.8 cm³/mol. The molecule has 0 bridgehead atoms. The van der Waals surface area contributed by atoms with Gasteiger partial charge in [0.25, 0.3) is 0 Å². The van der Waals surface area contributed by atoms with Gasteiger partial charge in [-0.15, -0.1) is 0 Å². The molecule has 6 heteroatoms. The van der Waals surface area contributed by atoms with Gasteiger partial charge in [-0.3, -0.25) is 0 Å². The summed E-state index contributed by atoms with van der Waals surface area (Å²) in [4.78, 5) is 0.149. The van der Waals surface area contributed by atoms with E-state index in [2.05, 4.69) is 20.7 Å². The number of aliphatic hydroxyl groups is 1. The number of halogens is 1. The first-order valence-electron chi connectivity index (χ1n) is 5.65. The summed E-state index contributed by atoms with van der Waals surface area (Å²) in [5.74, 6) is 0. The first-order chi connectivity index (χ1) is 8.22. The van der Waals surface area contributed by atoms with Gasteiger partial charge in [-0.2, -0.15) is 0 Å². The van der Waals surface area contributed by atoms with Crippen molar-refractivity contribution in [1.82, 2.24) is 4.72 Å². The molecular weight excluding hydrogens is 318 g/mol. The van der Waals surface area contributed by atoms with E-state index in [4.69, 9.17) is 5.11 Å². The number of aliphatic hydroxyl groups excluding tert-OH is 1. The molecule has 0 fully saturated rings. The largest absolute Gasteiger partial charge is 0.392 e. The van der Waals surface area contributed by atoms with E-state index in [1.165, 1.54) is 6.07 Å². The molecule has 0 atom stereocenters. The van der Waals surface area contributed by atoms with Crippen molar-refractivity contribution in [2.45, 2.75) is 44.2 Å². The van der Waals surface area contributed by atoms with Crippen molar-refractivity contribution in [2.75, 3.05) is 0 Å². The zero-order valence-electron chi connectivity index (χ0n) is 10.7. The lowest BCUT2D eigenvalue weighted by atomic mass is 10.0. The molecule has 0 saturated carbocycles. The second-order valence-corrected chi connectivity index (χ2v) is 7.27. The monoisotopic (exact) mass is 335 g/mol. The molecule has 102 valence electrons. The molecule has 0 aliphatic heterocycles. The molecular formula is C12H18BrNO3S. The molecule has 1 aromatic rings. The average Bonchev–Trinajstić information content (AvgIpc) is 2.28. The van der Waals surface area contributed by atoms with Crippen LogP contribution < -0.4 is 4.72 Å². The summed E-state index contributed by atoms with van der Waals surface area (Å²) in [7, 11) is -3.60. The summed E-state index contributed by atoms with van der Waals surface area (Å²) >= 11 is 3.22. The van der Waals surface area contributed by atoms with Crippen LogP contribution in [-0.4, -0.2) is 19.1 Å². The van der Waals surface area contributed by atoms with Crippen LogP contribution >= 0.6 is 15.9 Å². The van der Waals surface area contributed by atoms with Crippen LogP contribution in [0.3, 0.4) is 0 Å². The third kappa shape index (κ3) is 3.78. The molecule has 0 aliphatic rings. The topological polar surface area (TPSA) is 66.4 Å². The van der Waals surface area contributed by atoms with Crippen LogP contribution in [0.15, 0.2) is 27.6 Å². The van der Waals surface area contributed by atoms with E-state index in [1.807, 2.05) is 20.8 Å². The van der Waals surface area contributed by atoms with Gasteiger partial charge in [-0.1, -0.05) is 13.0 Å². The first kappa shape index (κ1) is 15.6. The van der Waals surface area contributed by atoms with Crippen LogP contribution in [0.25, 0.3) is 0 Å². The number of hydrogen-bond acceptors (Lipinski definition) is 3. The second kappa shape index (κ2) is 5.69. The fraction of sp³-hybridized carbons (Fsp3) is 0.500.